The van der Waals surface area contributed by atoms with Crippen LogP contribution in [0.3, 0.4) is 0 Å². The molecule has 2 fully saturated rings. The second-order valence-electron chi connectivity index (χ2n) is 7.00. The molecule has 1 amide bonds. The van der Waals surface area contributed by atoms with Gasteiger partial charge in [0, 0.05) is 19.2 Å². The van der Waals surface area contributed by atoms with E-state index in [0.29, 0.717) is 19.6 Å². The minimum absolute atomic E-state index is 0.00170. The van der Waals surface area contributed by atoms with E-state index in [1.807, 2.05) is 30.3 Å². The number of nitrogens with zero attached hydrogens (tertiary/aromatic N) is 4. The van der Waals surface area contributed by atoms with Crippen LogP contribution in [-0.4, -0.2) is 71.0 Å². The highest BCUT2D eigenvalue weighted by atomic mass is 32.2. The Morgan fingerprint density at radius 1 is 1.26 bits per heavy atom. The van der Waals surface area contributed by atoms with E-state index in [9.17, 15) is 13.2 Å². The van der Waals surface area contributed by atoms with Crippen molar-refractivity contribution in [2.45, 2.75) is 31.4 Å². The van der Waals surface area contributed by atoms with Crippen LogP contribution in [0.5, 0.6) is 0 Å². The number of carbonyl (C=O) groups excluding carboxylic acids is 1. The lowest BCUT2D eigenvalue weighted by Crippen LogP contribution is -2.45. The summed E-state index contributed by atoms with van der Waals surface area (Å²) in [6.45, 7) is 1.07. The maximum Gasteiger partial charge on any atom is 0.276 e. The Morgan fingerprint density at radius 2 is 2.07 bits per heavy atom. The third kappa shape index (κ3) is 4.03. The third-order valence-electron chi connectivity index (χ3n) is 5.03. The van der Waals surface area contributed by atoms with E-state index in [0.717, 1.165) is 18.5 Å². The van der Waals surface area contributed by atoms with Crippen LogP contribution in [0.1, 0.15) is 29.8 Å². The first kappa shape index (κ1) is 18.1. The molecule has 2 atom stereocenters. The molecule has 8 nitrogen and oxygen atoms in total. The summed E-state index contributed by atoms with van der Waals surface area (Å²) >= 11 is 0. The van der Waals surface area contributed by atoms with Gasteiger partial charge < -0.3 is 9.64 Å². The van der Waals surface area contributed by atoms with E-state index in [-0.39, 0.29) is 35.3 Å². The number of rotatable bonds is 5. The van der Waals surface area contributed by atoms with E-state index < -0.39 is 9.84 Å². The van der Waals surface area contributed by atoms with Gasteiger partial charge in [0.05, 0.1) is 29.5 Å². The predicted octanol–water partition coefficient (Wildman–Crippen LogP) is 1.08. The average Bonchev–Trinajstić information content (AvgIpc) is 3.41. The molecule has 4 rings (SSSR count). The molecule has 0 bridgehead atoms. The molecule has 1 aromatic heterocycles. The minimum Gasteiger partial charge on any atom is -0.376 e. The van der Waals surface area contributed by atoms with E-state index >= 15 is 0 Å². The Bertz CT molecular complexity index is 906. The summed E-state index contributed by atoms with van der Waals surface area (Å²) in [5, 5.41) is 8.49. The zero-order valence-corrected chi connectivity index (χ0v) is 15.7. The quantitative estimate of drug-likeness (QED) is 0.758. The molecule has 2 aromatic rings. The van der Waals surface area contributed by atoms with Crippen molar-refractivity contribution in [2.75, 3.05) is 24.7 Å². The molecule has 2 saturated heterocycles. The molecule has 0 radical (unpaired) electrons. The van der Waals surface area contributed by atoms with Gasteiger partial charge in [0.15, 0.2) is 15.5 Å². The molecule has 0 saturated carbocycles. The summed E-state index contributed by atoms with van der Waals surface area (Å²) in [5.41, 5.74) is 0.965. The van der Waals surface area contributed by atoms with Gasteiger partial charge in [0.1, 0.15) is 0 Å². The van der Waals surface area contributed by atoms with E-state index in [1.165, 1.54) is 11.0 Å². The van der Waals surface area contributed by atoms with Gasteiger partial charge in [-0.3, -0.25) is 4.79 Å². The molecule has 3 heterocycles. The molecule has 144 valence electrons. The predicted molar refractivity (Wildman–Crippen MR) is 98.4 cm³/mol. The van der Waals surface area contributed by atoms with Crippen LogP contribution in [0.15, 0.2) is 36.5 Å². The minimum atomic E-state index is -3.10. The first-order valence-corrected chi connectivity index (χ1v) is 10.9. The van der Waals surface area contributed by atoms with Crippen molar-refractivity contribution in [3.63, 3.8) is 0 Å². The van der Waals surface area contributed by atoms with Gasteiger partial charge in [0.2, 0.25) is 0 Å². The summed E-state index contributed by atoms with van der Waals surface area (Å²) in [6, 6.07) is 8.99. The van der Waals surface area contributed by atoms with Crippen LogP contribution >= 0.6 is 0 Å². The SMILES string of the molecule is O=C(c1cnn(-c2ccccc2)n1)N(C[C@H]1CCCO1)[C@H]1CCS(=O)(=O)C1. The summed E-state index contributed by atoms with van der Waals surface area (Å²) in [6.07, 6.45) is 3.66. The Morgan fingerprint density at radius 3 is 2.74 bits per heavy atom. The van der Waals surface area contributed by atoms with Crippen molar-refractivity contribution in [3.05, 3.63) is 42.2 Å². The van der Waals surface area contributed by atoms with Crippen LogP contribution < -0.4 is 0 Å². The molecule has 2 aliphatic heterocycles. The van der Waals surface area contributed by atoms with Crippen molar-refractivity contribution < 1.29 is 17.9 Å². The zero-order valence-electron chi connectivity index (χ0n) is 14.9. The van der Waals surface area contributed by atoms with Crippen molar-refractivity contribution >= 4 is 15.7 Å². The van der Waals surface area contributed by atoms with Crippen molar-refractivity contribution in [3.8, 4) is 5.69 Å². The number of amides is 1. The second-order valence-corrected chi connectivity index (χ2v) is 9.23. The maximum absolute atomic E-state index is 13.1. The number of ether oxygens (including phenoxy) is 1. The van der Waals surface area contributed by atoms with Gasteiger partial charge >= 0.3 is 0 Å². The van der Waals surface area contributed by atoms with Crippen LogP contribution in [0.4, 0.5) is 0 Å². The smallest absolute Gasteiger partial charge is 0.276 e. The highest BCUT2D eigenvalue weighted by Crippen LogP contribution is 2.23. The van der Waals surface area contributed by atoms with Gasteiger partial charge in [-0.2, -0.15) is 9.90 Å². The van der Waals surface area contributed by atoms with Crippen LogP contribution in [-0.2, 0) is 14.6 Å². The van der Waals surface area contributed by atoms with Crippen molar-refractivity contribution in [1.82, 2.24) is 19.9 Å². The molecule has 0 unspecified atom stereocenters. The fourth-order valence-corrected chi connectivity index (χ4v) is 5.35. The number of benzene rings is 1. The standard InChI is InChI=1S/C18H22N4O4S/c23-18(17-11-19-22(20-17)14-5-2-1-3-6-14)21(12-16-7-4-9-26-16)15-8-10-27(24,25)13-15/h1-3,5-6,11,15-16H,4,7-10,12-13H2/t15-,16+/m0/s1. The second kappa shape index (κ2) is 7.40. The van der Waals surface area contributed by atoms with Crippen LogP contribution in [0.2, 0.25) is 0 Å². The number of aromatic nitrogens is 3. The Kier molecular flexibility index (Phi) is 4.96. The third-order valence-corrected chi connectivity index (χ3v) is 6.78. The number of hydrogen-bond acceptors (Lipinski definition) is 6. The topological polar surface area (TPSA) is 94.4 Å². The number of hydrogen-bond donors (Lipinski definition) is 0. The Labute approximate surface area is 158 Å². The van der Waals surface area contributed by atoms with E-state index in [1.54, 1.807) is 4.90 Å². The Hall–Kier alpha value is -2.26. The maximum atomic E-state index is 13.1. The Balaban J connectivity index is 1.57. The molecule has 1 aromatic carbocycles. The highest BCUT2D eigenvalue weighted by Gasteiger charge is 2.37. The van der Waals surface area contributed by atoms with E-state index in [4.69, 9.17) is 4.74 Å². The zero-order chi connectivity index (χ0) is 18.9. The van der Waals surface area contributed by atoms with Gasteiger partial charge in [0.25, 0.3) is 5.91 Å². The normalized spacial score (nSPS) is 24.1. The van der Waals surface area contributed by atoms with Crippen molar-refractivity contribution in [2.24, 2.45) is 0 Å². The number of carbonyl (C=O) groups is 1. The van der Waals surface area contributed by atoms with Crippen LogP contribution in [0, 0.1) is 0 Å². The molecule has 0 aliphatic carbocycles. The fraction of sp³-hybridized carbons (Fsp3) is 0.500. The molecule has 2 aliphatic rings. The summed E-state index contributed by atoms with van der Waals surface area (Å²) in [7, 11) is -3.10. The fourth-order valence-electron chi connectivity index (χ4n) is 3.62. The summed E-state index contributed by atoms with van der Waals surface area (Å²) in [4.78, 5) is 16.2. The molecule has 0 spiro atoms. The highest BCUT2D eigenvalue weighted by molar-refractivity contribution is 7.91. The average molecular weight is 390 g/mol. The lowest BCUT2D eigenvalue weighted by Gasteiger charge is -2.29. The first-order valence-electron chi connectivity index (χ1n) is 9.12. The molecule has 27 heavy (non-hydrogen) atoms. The summed E-state index contributed by atoms with van der Waals surface area (Å²) < 4.78 is 29.5. The molecular weight excluding hydrogens is 368 g/mol. The van der Waals surface area contributed by atoms with Gasteiger partial charge in [-0.1, -0.05) is 18.2 Å². The first-order chi connectivity index (χ1) is 13.0. The number of sulfone groups is 1. The van der Waals surface area contributed by atoms with Gasteiger partial charge in [-0.05, 0) is 31.4 Å². The summed E-state index contributed by atoms with van der Waals surface area (Å²) in [5.74, 6) is -0.183. The van der Waals surface area contributed by atoms with Gasteiger partial charge in [-0.25, -0.2) is 8.42 Å². The van der Waals surface area contributed by atoms with Crippen molar-refractivity contribution in [1.29, 1.82) is 0 Å². The monoisotopic (exact) mass is 390 g/mol. The van der Waals surface area contributed by atoms with Gasteiger partial charge in [-0.15, -0.1) is 5.10 Å². The molecular formula is C18H22N4O4S. The molecule has 0 N–H and O–H groups in total. The van der Waals surface area contributed by atoms with E-state index in [2.05, 4.69) is 10.2 Å². The lowest BCUT2D eigenvalue weighted by atomic mass is 10.1. The largest absolute Gasteiger partial charge is 0.376 e. The van der Waals surface area contributed by atoms with Crippen LogP contribution in [0.25, 0.3) is 5.69 Å². The number of para-hydroxylation sites is 1. The molecule has 9 heteroatoms. The lowest BCUT2D eigenvalue weighted by molar-refractivity contribution is 0.0436.